The summed E-state index contributed by atoms with van der Waals surface area (Å²) in [5, 5.41) is 18.8. The molecule has 0 saturated carbocycles. The highest BCUT2D eigenvalue weighted by molar-refractivity contribution is 6.01. The molecule has 2 atom stereocenters. The van der Waals surface area contributed by atoms with Crippen LogP contribution in [0, 0.1) is 11.6 Å². The summed E-state index contributed by atoms with van der Waals surface area (Å²) in [5.41, 5.74) is 1.69. The van der Waals surface area contributed by atoms with Crippen molar-refractivity contribution >= 4 is 5.91 Å². The number of benzene rings is 2. The van der Waals surface area contributed by atoms with Crippen LogP contribution >= 0.6 is 0 Å². The second-order valence-electron chi connectivity index (χ2n) is 7.64. The van der Waals surface area contributed by atoms with Crippen LogP contribution in [0.25, 0.3) is 22.5 Å². The number of aliphatic hydroxyl groups excluding tert-OH is 1. The maximum absolute atomic E-state index is 14.9. The van der Waals surface area contributed by atoms with Gasteiger partial charge in [0.15, 0.2) is 0 Å². The zero-order valence-electron chi connectivity index (χ0n) is 17.9. The molecule has 2 heterocycles. The number of alkyl halides is 1. The van der Waals surface area contributed by atoms with Gasteiger partial charge in [-0.2, -0.15) is 5.10 Å². The highest BCUT2D eigenvalue weighted by Crippen LogP contribution is 2.29. The van der Waals surface area contributed by atoms with Crippen molar-refractivity contribution in [2.45, 2.75) is 18.6 Å². The third-order valence-electron chi connectivity index (χ3n) is 5.33. The number of H-pyrrole nitrogens is 1. The molecule has 4 aromatic rings. The van der Waals surface area contributed by atoms with Crippen LogP contribution in [0.1, 0.15) is 16.1 Å². The first kappa shape index (κ1) is 23.2. The summed E-state index contributed by atoms with van der Waals surface area (Å²) in [6, 6.07) is 15.2. The predicted octanol–water partition coefficient (Wildman–Crippen LogP) is 4.09. The first-order valence-corrected chi connectivity index (χ1v) is 10.5. The van der Waals surface area contributed by atoms with Gasteiger partial charge in [0, 0.05) is 18.3 Å². The lowest BCUT2D eigenvalue weighted by Gasteiger charge is -2.21. The number of halogens is 3. The number of carbonyl (C=O) groups excluding carboxylic acids is 1. The molecule has 0 radical (unpaired) electrons. The molecule has 0 aliphatic heterocycles. The maximum atomic E-state index is 14.9. The monoisotopic (exact) mass is 466 g/mol. The Bertz CT molecular complexity index is 1260. The molecule has 0 bridgehead atoms. The minimum atomic E-state index is -1.75. The van der Waals surface area contributed by atoms with Crippen LogP contribution in [0.4, 0.5) is 13.2 Å². The number of hydrogen-bond donors (Lipinski definition) is 3. The summed E-state index contributed by atoms with van der Waals surface area (Å²) < 4.78 is 42.6. The SMILES string of the molecule is O=C(N[C@@H](Cc1ccccn1)[C@H](F)CO)c1cccc(F)c1-c1cc(-c2ccc(F)cc2)[nH]n1. The number of hydrogen-bond acceptors (Lipinski definition) is 4. The van der Waals surface area contributed by atoms with E-state index in [0.717, 1.165) is 0 Å². The van der Waals surface area contributed by atoms with Crippen molar-refractivity contribution in [3.8, 4) is 22.5 Å². The van der Waals surface area contributed by atoms with Gasteiger partial charge in [-0.1, -0.05) is 12.1 Å². The van der Waals surface area contributed by atoms with Crippen LogP contribution in [-0.2, 0) is 6.42 Å². The van der Waals surface area contributed by atoms with Crippen molar-refractivity contribution in [2.75, 3.05) is 6.61 Å². The first-order chi connectivity index (χ1) is 16.5. The second-order valence-corrected chi connectivity index (χ2v) is 7.64. The second kappa shape index (κ2) is 10.3. The van der Waals surface area contributed by atoms with Gasteiger partial charge < -0.3 is 10.4 Å². The average Bonchev–Trinajstić information content (AvgIpc) is 3.33. The minimum Gasteiger partial charge on any atom is -0.393 e. The third-order valence-corrected chi connectivity index (χ3v) is 5.33. The number of nitrogens with zero attached hydrogens (tertiary/aromatic N) is 2. The number of carbonyl (C=O) groups is 1. The molecule has 34 heavy (non-hydrogen) atoms. The zero-order chi connectivity index (χ0) is 24.1. The van der Waals surface area contributed by atoms with E-state index in [4.69, 9.17) is 0 Å². The lowest BCUT2D eigenvalue weighted by molar-refractivity contribution is 0.0869. The fraction of sp³-hybridized carbons (Fsp3) is 0.160. The number of amides is 1. The smallest absolute Gasteiger partial charge is 0.252 e. The van der Waals surface area contributed by atoms with Crippen LogP contribution in [0.2, 0.25) is 0 Å². The summed E-state index contributed by atoms with van der Waals surface area (Å²) in [7, 11) is 0. The van der Waals surface area contributed by atoms with Gasteiger partial charge in [-0.15, -0.1) is 0 Å². The van der Waals surface area contributed by atoms with E-state index in [9.17, 15) is 23.1 Å². The summed E-state index contributed by atoms with van der Waals surface area (Å²) >= 11 is 0. The topological polar surface area (TPSA) is 90.9 Å². The van der Waals surface area contributed by atoms with E-state index in [-0.39, 0.29) is 23.2 Å². The van der Waals surface area contributed by atoms with Gasteiger partial charge in [0.05, 0.1) is 35.2 Å². The van der Waals surface area contributed by atoms with Crippen molar-refractivity contribution < 1.29 is 23.1 Å². The Kier molecular flexibility index (Phi) is 7.03. The van der Waals surface area contributed by atoms with Crippen LogP contribution in [0.5, 0.6) is 0 Å². The minimum absolute atomic E-state index is 0.0378. The van der Waals surface area contributed by atoms with Crippen molar-refractivity contribution in [1.82, 2.24) is 20.5 Å². The maximum Gasteiger partial charge on any atom is 0.252 e. The molecule has 6 nitrogen and oxygen atoms in total. The van der Waals surface area contributed by atoms with Crippen molar-refractivity contribution in [3.63, 3.8) is 0 Å². The van der Waals surface area contributed by atoms with Crippen molar-refractivity contribution in [2.24, 2.45) is 0 Å². The summed E-state index contributed by atoms with van der Waals surface area (Å²) in [5.74, 6) is -1.81. The van der Waals surface area contributed by atoms with E-state index in [2.05, 4.69) is 20.5 Å². The molecule has 174 valence electrons. The molecule has 9 heteroatoms. The molecule has 3 N–H and O–H groups in total. The lowest BCUT2D eigenvalue weighted by Crippen LogP contribution is -2.44. The first-order valence-electron chi connectivity index (χ1n) is 10.5. The Labute approximate surface area is 193 Å². The van der Waals surface area contributed by atoms with Crippen molar-refractivity contribution in [1.29, 1.82) is 0 Å². The van der Waals surface area contributed by atoms with E-state index in [1.165, 1.54) is 30.3 Å². The molecule has 0 unspecified atom stereocenters. The Morgan fingerprint density at radius 2 is 1.85 bits per heavy atom. The summed E-state index contributed by atoms with van der Waals surface area (Å²) in [6.07, 6.45) is -0.171. The zero-order valence-corrected chi connectivity index (χ0v) is 17.9. The Morgan fingerprint density at radius 1 is 1.06 bits per heavy atom. The summed E-state index contributed by atoms with van der Waals surface area (Å²) in [6.45, 7) is -0.797. The Morgan fingerprint density at radius 3 is 2.56 bits per heavy atom. The molecule has 2 aromatic heterocycles. The largest absolute Gasteiger partial charge is 0.393 e. The molecular formula is C25H21F3N4O2. The molecular weight excluding hydrogens is 445 g/mol. The van der Waals surface area contributed by atoms with Crippen LogP contribution in [0.15, 0.2) is 72.9 Å². The third kappa shape index (κ3) is 5.15. The van der Waals surface area contributed by atoms with Gasteiger partial charge in [0.1, 0.15) is 17.8 Å². The number of aromatic amines is 1. The van der Waals surface area contributed by atoms with E-state index in [1.54, 1.807) is 42.6 Å². The molecule has 0 spiro atoms. The normalized spacial score (nSPS) is 12.8. The van der Waals surface area contributed by atoms with E-state index in [1.807, 2.05) is 0 Å². The number of nitrogens with one attached hydrogen (secondary N) is 2. The fourth-order valence-electron chi connectivity index (χ4n) is 3.59. The van der Waals surface area contributed by atoms with E-state index in [0.29, 0.717) is 17.0 Å². The average molecular weight is 466 g/mol. The van der Waals surface area contributed by atoms with Gasteiger partial charge in [-0.3, -0.25) is 14.9 Å². The number of aromatic nitrogens is 3. The van der Waals surface area contributed by atoms with Crippen LogP contribution in [-0.4, -0.2) is 45.0 Å². The number of aliphatic hydroxyl groups is 1. The van der Waals surface area contributed by atoms with E-state index >= 15 is 0 Å². The molecule has 0 saturated heterocycles. The van der Waals surface area contributed by atoms with Crippen molar-refractivity contribution in [3.05, 3.63) is 95.8 Å². The van der Waals surface area contributed by atoms with Crippen LogP contribution < -0.4 is 5.32 Å². The molecule has 2 aromatic carbocycles. The summed E-state index contributed by atoms with van der Waals surface area (Å²) in [4.78, 5) is 17.2. The van der Waals surface area contributed by atoms with Gasteiger partial charge >= 0.3 is 0 Å². The standard InChI is InChI=1S/C25H21F3N4O2/c26-16-9-7-15(8-10-16)21-13-23(32-31-21)24-18(5-3-6-19(24)27)25(34)30-22(20(28)14-33)12-17-4-1-2-11-29-17/h1-11,13,20,22,33H,12,14H2,(H,30,34)(H,31,32)/t20-,22+/m1/s1. The molecule has 4 rings (SSSR count). The molecule has 0 aliphatic carbocycles. The Hall–Kier alpha value is -3.98. The predicted molar refractivity (Wildman–Crippen MR) is 121 cm³/mol. The van der Waals surface area contributed by atoms with Gasteiger partial charge in [0.25, 0.3) is 5.91 Å². The number of pyridine rings is 1. The number of rotatable bonds is 8. The lowest BCUT2D eigenvalue weighted by atomic mass is 10.0. The van der Waals surface area contributed by atoms with Gasteiger partial charge in [0.2, 0.25) is 0 Å². The molecule has 0 fully saturated rings. The van der Waals surface area contributed by atoms with Crippen LogP contribution in [0.3, 0.4) is 0 Å². The fourth-order valence-corrected chi connectivity index (χ4v) is 3.59. The van der Waals surface area contributed by atoms with Gasteiger partial charge in [-0.25, -0.2) is 13.2 Å². The van der Waals surface area contributed by atoms with Gasteiger partial charge in [-0.05, 0) is 60.2 Å². The molecule has 1 amide bonds. The highest BCUT2D eigenvalue weighted by atomic mass is 19.1. The van der Waals surface area contributed by atoms with E-state index < -0.39 is 36.4 Å². The Balaban J connectivity index is 1.63. The highest BCUT2D eigenvalue weighted by Gasteiger charge is 2.26. The quantitative estimate of drug-likeness (QED) is 0.365. The molecule has 0 aliphatic rings.